The Labute approximate surface area is 172 Å². The van der Waals surface area contributed by atoms with Crippen LogP contribution in [0, 0.1) is 6.92 Å². The summed E-state index contributed by atoms with van der Waals surface area (Å²) < 4.78 is 1.97. The van der Waals surface area contributed by atoms with Crippen molar-refractivity contribution in [2.45, 2.75) is 51.2 Å². The van der Waals surface area contributed by atoms with E-state index in [1.807, 2.05) is 44.9 Å². The van der Waals surface area contributed by atoms with Gasteiger partial charge in [-0.25, -0.2) is 4.98 Å². The molecule has 0 amide bonds. The molecule has 0 spiro atoms. The van der Waals surface area contributed by atoms with E-state index in [0.717, 1.165) is 60.6 Å². The lowest BCUT2D eigenvalue weighted by atomic mass is 9.91. The van der Waals surface area contributed by atoms with Gasteiger partial charge in [-0.05, 0) is 50.8 Å². The van der Waals surface area contributed by atoms with Gasteiger partial charge in [0.25, 0.3) is 0 Å². The Bertz CT molecular complexity index is 970. The van der Waals surface area contributed by atoms with Gasteiger partial charge in [0.2, 0.25) is 5.95 Å². The first-order valence-electron chi connectivity index (χ1n) is 10.4. The second-order valence-electron chi connectivity index (χ2n) is 8.26. The molecular formula is C22H31N7. The minimum atomic E-state index is 0.420. The highest BCUT2D eigenvalue weighted by atomic mass is 15.3. The molecule has 2 heterocycles. The molecule has 0 aliphatic heterocycles. The van der Waals surface area contributed by atoms with Gasteiger partial charge < -0.3 is 15.5 Å². The van der Waals surface area contributed by atoms with Crippen molar-refractivity contribution >= 4 is 22.7 Å². The Morgan fingerprint density at radius 1 is 1.07 bits per heavy atom. The summed E-state index contributed by atoms with van der Waals surface area (Å²) in [6.07, 6.45) is 4.55. The number of aromatic nitrogens is 4. The summed E-state index contributed by atoms with van der Waals surface area (Å²) in [5.41, 5.74) is 3.30. The van der Waals surface area contributed by atoms with Gasteiger partial charge in [-0.15, -0.1) is 0 Å². The predicted molar refractivity (Wildman–Crippen MR) is 118 cm³/mol. The highest BCUT2D eigenvalue weighted by Crippen LogP contribution is 2.26. The molecule has 29 heavy (non-hydrogen) atoms. The number of nitrogens with one attached hydrogen (secondary N) is 2. The van der Waals surface area contributed by atoms with Crippen LogP contribution in [0.1, 0.15) is 37.1 Å². The maximum Gasteiger partial charge on any atom is 0.225 e. The van der Waals surface area contributed by atoms with Crippen LogP contribution in [0.4, 0.5) is 11.8 Å². The van der Waals surface area contributed by atoms with Gasteiger partial charge >= 0.3 is 0 Å². The molecule has 0 atom stereocenters. The van der Waals surface area contributed by atoms with Crippen molar-refractivity contribution in [3.05, 3.63) is 41.7 Å². The molecule has 154 valence electrons. The van der Waals surface area contributed by atoms with Crippen molar-refractivity contribution in [1.82, 2.24) is 25.1 Å². The van der Waals surface area contributed by atoms with Crippen molar-refractivity contribution in [3.8, 4) is 0 Å². The van der Waals surface area contributed by atoms with Gasteiger partial charge in [0.05, 0.1) is 16.9 Å². The summed E-state index contributed by atoms with van der Waals surface area (Å²) in [6.45, 7) is 2.91. The Balaban J connectivity index is 1.35. The van der Waals surface area contributed by atoms with Gasteiger partial charge in [0, 0.05) is 45.2 Å². The van der Waals surface area contributed by atoms with Gasteiger partial charge in [-0.3, -0.25) is 4.68 Å². The Morgan fingerprint density at radius 3 is 2.48 bits per heavy atom. The predicted octanol–water partition coefficient (Wildman–Crippen LogP) is 3.25. The van der Waals surface area contributed by atoms with Crippen LogP contribution in [-0.2, 0) is 13.6 Å². The maximum absolute atomic E-state index is 4.78. The summed E-state index contributed by atoms with van der Waals surface area (Å²) in [5.74, 6) is 1.69. The topological polar surface area (TPSA) is 70.9 Å². The average Bonchev–Trinajstić information content (AvgIpc) is 3.03. The number of para-hydroxylation sites is 1. The first-order chi connectivity index (χ1) is 14.0. The molecule has 1 aliphatic carbocycles. The summed E-state index contributed by atoms with van der Waals surface area (Å²) in [7, 11) is 6.06. The quantitative estimate of drug-likeness (QED) is 0.670. The molecule has 4 rings (SSSR count). The SMILES string of the molecule is Cc1cc(CNC2CCC(Nc3nc(N(C)C)c4ccccc4n3)CC2)n(C)n1. The summed E-state index contributed by atoms with van der Waals surface area (Å²) in [5, 5.41) is 12.8. The number of rotatable bonds is 6. The Kier molecular flexibility index (Phi) is 5.67. The lowest BCUT2D eigenvalue weighted by Crippen LogP contribution is -2.37. The second kappa shape index (κ2) is 8.37. The van der Waals surface area contributed by atoms with E-state index < -0.39 is 0 Å². The number of anilines is 2. The number of aryl methyl sites for hydroxylation is 2. The first kappa shape index (κ1) is 19.6. The molecule has 7 nitrogen and oxygen atoms in total. The van der Waals surface area contributed by atoms with E-state index in [9.17, 15) is 0 Å². The van der Waals surface area contributed by atoms with Crippen LogP contribution in [0.15, 0.2) is 30.3 Å². The third-order valence-corrected chi connectivity index (χ3v) is 5.74. The number of nitrogens with zero attached hydrogens (tertiary/aromatic N) is 5. The molecule has 2 N–H and O–H groups in total. The number of hydrogen-bond donors (Lipinski definition) is 2. The molecule has 0 unspecified atom stereocenters. The van der Waals surface area contributed by atoms with Crippen LogP contribution >= 0.6 is 0 Å². The monoisotopic (exact) mass is 393 g/mol. The zero-order chi connectivity index (χ0) is 20.4. The van der Waals surface area contributed by atoms with Gasteiger partial charge in [-0.2, -0.15) is 10.1 Å². The molecule has 1 fully saturated rings. The lowest BCUT2D eigenvalue weighted by molar-refractivity contribution is 0.349. The molecule has 7 heteroatoms. The van der Waals surface area contributed by atoms with E-state index in [0.29, 0.717) is 12.1 Å². The standard InChI is InChI=1S/C22H31N7/c1-15-13-18(29(4)27-15)14-23-16-9-11-17(12-10-16)24-22-25-20-8-6-5-7-19(20)21(26-22)28(2)3/h5-8,13,16-17,23H,9-12,14H2,1-4H3,(H,24,25,26). The minimum Gasteiger partial charge on any atom is -0.362 e. The highest BCUT2D eigenvalue weighted by molar-refractivity contribution is 5.90. The molecule has 0 saturated heterocycles. The van der Waals surface area contributed by atoms with Gasteiger partial charge in [-0.1, -0.05) is 12.1 Å². The molecule has 1 aromatic carbocycles. The molecule has 0 bridgehead atoms. The fourth-order valence-corrected chi connectivity index (χ4v) is 4.17. The highest BCUT2D eigenvalue weighted by Gasteiger charge is 2.22. The van der Waals surface area contributed by atoms with Crippen LogP contribution in [0.25, 0.3) is 10.9 Å². The lowest BCUT2D eigenvalue weighted by Gasteiger charge is -2.30. The summed E-state index contributed by atoms with van der Waals surface area (Å²) in [4.78, 5) is 11.6. The van der Waals surface area contributed by atoms with E-state index >= 15 is 0 Å². The molecule has 1 saturated carbocycles. The Morgan fingerprint density at radius 2 is 1.79 bits per heavy atom. The van der Waals surface area contributed by atoms with E-state index in [4.69, 9.17) is 9.97 Å². The van der Waals surface area contributed by atoms with Gasteiger partial charge in [0.15, 0.2) is 0 Å². The first-order valence-corrected chi connectivity index (χ1v) is 10.4. The van der Waals surface area contributed by atoms with Crippen LogP contribution in [0.5, 0.6) is 0 Å². The normalized spacial score (nSPS) is 19.4. The van der Waals surface area contributed by atoms with Crippen molar-refractivity contribution in [2.75, 3.05) is 24.3 Å². The van der Waals surface area contributed by atoms with Crippen LogP contribution < -0.4 is 15.5 Å². The molecule has 1 aliphatic rings. The van der Waals surface area contributed by atoms with E-state index in [-0.39, 0.29) is 0 Å². The average molecular weight is 394 g/mol. The van der Waals surface area contributed by atoms with Gasteiger partial charge in [0.1, 0.15) is 5.82 Å². The third-order valence-electron chi connectivity index (χ3n) is 5.74. The van der Waals surface area contributed by atoms with Crippen LogP contribution in [-0.4, -0.2) is 45.9 Å². The fourth-order valence-electron chi connectivity index (χ4n) is 4.17. The number of fused-ring (bicyclic) bond motifs is 1. The van der Waals surface area contributed by atoms with E-state index in [1.165, 1.54) is 5.69 Å². The summed E-state index contributed by atoms with van der Waals surface area (Å²) >= 11 is 0. The van der Waals surface area contributed by atoms with Crippen molar-refractivity contribution < 1.29 is 0 Å². The zero-order valence-corrected chi connectivity index (χ0v) is 17.8. The van der Waals surface area contributed by atoms with Crippen molar-refractivity contribution in [2.24, 2.45) is 7.05 Å². The molecule has 3 aromatic rings. The number of hydrogen-bond acceptors (Lipinski definition) is 6. The van der Waals surface area contributed by atoms with Crippen LogP contribution in [0.3, 0.4) is 0 Å². The largest absolute Gasteiger partial charge is 0.362 e. The smallest absolute Gasteiger partial charge is 0.225 e. The minimum absolute atomic E-state index is 0.420. The molecule has 2 aromatic heterocycles. The molecular weight excluding hydrogens is 362 g/mol. The van der Waals surface area contributed by atoms with Crippen molar-refractivity contribution in [3.63, 3.8) is 0 Å². The summed E-state index contributed by atoms with van der Waals surface area (Å²) in [6, 6.07) is 11.3. The Hall–Kier alpha value is -2.67. The number of benzene rings is 1. The van der Waals surface area contributed by atoms with E-state index in [2.05, 4.69) is 38.8 Å². The molecule has 0 radical (unpaired) electrons. The third kappa shape index (κ3) is 4.50. The second-order valence-corrected chi connectivity index (χ2v) is 8.26. The van der Waals surface area contributed by atoms with Crippen molar-refractivity contribution in [1.29, 1.82) is 0 Å². The van der Waals surface area contributed by atoms with E-state index in [1.54, 1.807) is 0 Å². The zero-order valence-electron chi connectivity index (χ0n) is 17.8. The maximum atomic E-state index is 4.78. The van der Waals surface area contributed by atoms with Crippen LogP contribution in [0.2, 0.25) is 0 Å². The fraction of sp³-hybridized carbons (Fsp3) is 0.500.